The molecule has 4 aliphatic carbocycles. The molecule has 3 nitrogen and oxygen atoms in total. The Kier molecular flexibility index (Phi) is 5.87. The van der Waals surface area contributed by atoms with Gasteiger partial charge in [-0.05, 0) is 127 Å². The Morgan fingerprint density at radius 3 is 2.59 bits per heavy atom. The standard InChI is InChI=1S/C31H52N2O/c1-19-14-28-29(33(7)18-19)21(3)31(34-28)13-11-24-25-9-8-22-15-23(32(5)6)10-12-30(22,4)27(25)16-26(24)20(2)17-31/h19,21-25,27-29H,8-18H2,1-7H3/t19-,21+,22+,23?,24-,25-,27-,28+,29-,30-,31-/m0/s1. The molecule has 2 aliphatic heterocycles. The normalized spacial score (nSPS) is 53.5. The zero-order valence-electron chi connectivity index (χ0n) is 23.3. The first kappa shape index (κ1) is 24.0. The molecular formula is C31H52N2O. The van der Waals surface area contributed by atoms with E-state index < -0.39 is 0 Å². The highest BCUT2D eigenvalue weighted by Gasteiger charge is 2.60. The predicted molar refractivity (Wildman–Crippen MR) is 141 cm³/mol. The SMILES string of the molecule is CC1=C2C[C@H]3[C@@H](CC[C@@H]4CC(N(C)C)CC[C@@]43C)[C@@H]2CC[C@@]2(C1)O[C@@H]1C[C@H](C)CN(C)[C@H]1[C@H]2C. The van der Waals surface area contributed by atoms with Crippen LogP contribution in [0, 0.1) is 40.9 Å². The van der Waals surface area contributed by atoms with Crippen molar-refractivity contribution in [3.63, 3.8) is 0 Å². The van der Waals surface area contributed by atoms with E-state index in [0.717, 1.165) is 35.6 Å². The van der Waals surface area contributed by atoms with Crippen LogP contribution in [-0.2, 0) is 4.74 Å². The van der Waals surface area contributed by atoms with Gasteiger partial charge in [0.1, 0.15) is 0 Å². The number of nitrogens with zero attached hydrogens (tertiary/aromatic N) is 2. The molecule has 0 aromatic rings. The summed E-state index contributed by atoms with van der Waals surface area (Å²) in [4.78, 5) is 5.16. The molecule has 0 amide bonds. The van der Waals surface area contributed by atoms with Gasteiger partial charge in [-0.1, -0.05) is 31.9 Å². The Balaban J connectivity index is 1.25. The van der Waals surface area contributed by atoms with Gasteiger partial charge in [0.05, 0.1) is 11.7 Å². The molecular weight excluding hydrogens is 416 g/mol. The molecule has 6 rings (SSSR count). The van der Waals surface area contributed by atoms with Crippen molar-refractivity contribution in [2.75, 3.05) is 27.7 Å². The first-order valence-corrected chi connectivity index (χ1v) is 14.9. The number of ether oxygens (including phenoxy) is 1. The number of likely N-dealkylation sites (N-methyl/N-ethyl adjacent to an activating group) is 1. The molecule has 6 aliphatic rings. The molecule has 0 bridgehead atoms. The first-order chi connectivity index (χ1) is 16.1. The van der Waals surface area contributed by atoms with E-state index in [1.54, 1.807) is 5.57 Å². The molecule has 3 heteroatoms. The second-order valence-electron chi connectivity index (χ2n) is 14.6. The lowest BCUT2D eigenvalue weighted by Gasteiger charge is -2.55. The third-order valence-electron chi connectivity index (χ3n) is 12.7. The monoisotopic (exact) mass is 468 g/mol. The van der Waals surface area contributed by atoms with E-state index in [1.165, 1.54) is 70.8 Å². The van der Waals surface area contributed by atoms with Crippen LogP contribution in [0.3, 0.4) is 0 Å². The van der Waals surface area contributed by atoms with Gasteiger partial charge in [-0.2, -0.15) is 0 Å². The van der Waals surface area contributed by atoms with Crippen molar-refractivity contribution < 1.29 is 4.74 Å². The Morgan fingerprint density at radius 1 is 1.03 bits per heavy atom. The smallest absolute Gasteiger partial charge is 0.0765 e. The van der Waals surface area contributed by atoms with Crippen LogP contribution in [0.25, 0.3) is 0 Å². The summed E-state index contributed by atoms with van der Waals surface area (Å²) < 4.78 is 7.16. The lowest BCUT2D eigenvalue weighted by Crippen LogP contribution is -2.50. The molecule has 0 aromatic carbocycles. The number of fused-ring (bicyclic) bond motifs is 6. The van der Waals surface area contributed by atoms with Crippen molar-refractivity contribution in [1.82, 2.24) is 9.80 Å². The summed E-state index contributed by atoms with van der Waals surface area (Å²) in [6.45, 7) is 11.4. The lowest BCUT2D eigenvalue weighted by atomic mass is 9.52. The Bertz CT molecular complexity index is 835. The average molecular weight is 469 g/mol. The summed E-state index contributed by atoms with van der Waals surface area (Å²) in [5.74, 6) is 5.09. The van der Waals surface area contributed by atoms with Crippen molar-refractivity contribution in [3.05, 3.63) is 11.1 Å². The Morgan fingerprint density at radius 2 is 1.82 bits per heavy atom. The van der Waals surface area contributed by atoms with Crippen molar-refractivity contribution in [2.24, 2.45) is 40.9 Å². The van der Waals surface area contributed by atoms with Gasteiger partial charge in [-0.3, -0.25) is 0 Å². The number of likely N-dealkylation sites (tertiary alicyclic amines) is 1. The van der Waals surface area contributed by atoms with Gasteiger partial charge in [0.2, 0.25) is 0 Å². The first-order valence-electron chi connectivity index (χ1n) is 14.9. The summed E-state index contributed by atoms with van der Waals surface area (Å²) >= 11 is 0. The summed E-state index contributed by atoms with van der Waals surface area (Å²) in [5, 5.41) is 0. The van der Waals surface area contributed by atoms with Crippen LogP contribution >= 0.6 is 0 Å². The van der Waals surface area contributed by atoms with Crippen LogP contribution in [0.1, 0.15) is 91.9 Å². The van der Waals surface area contributed by atoms with Crippen LogP contribution in [0.5, 0.6) is 0 Å². The van der Waals surface area contributed by atoms with Gasteiger partial charge in [-0.25, -0.2) is 0 Å². The number of piperidine rings is 1. The van der Waals surface area contributed by atoms with E-state index in [-0.39, 0.29) is 5.60 Å². The molecule has 1 spiro atoms. The summed E-state index contributed by atoms with van der Waals surface area (Å²) in [6.07, 6.45) is 14.3. The average Bonchev–Trinajstić information content (AvgIpc) is 3.23. The molecule has 0 radical (unpaired) electrons. The predicted octanol–water partition coefficient (Wildman–Crippen LogP) is 6.38. The maximum Gasteiger partial charge on any atom is 0.0765 e. The molecule has 2 saturated heterocycles. The van der Waals surface area contributed by atoms with E-state index in [0.29, 0.717) is 23.5 Å². The van der Waals surface area contributed by atoms with Crippen molar-refractivity contribution >= 4 is 0 Å². The van der Waals surface area contributed by atoms with E-state index in [4.69, 9.17) is 4.74 Å². The zero-order chi connectivity index (χ0) is 24.0. The minimum Gasteiger partial charge on any atom is -0.369 e. The van der Waals surface area contributed by atoms with E-state index >= 15 is 0 Å². The molecule has 34 heavy (non-hydrogen) atoms. The highest BCUT2D eigenvalue weighted by atomic mass is 16.5. The number of hydrogen-bond donors (Lipinski definition) is 0. The van der Waals surface area contributed by atoms with Crippen molar-refractivity contribution in [2.45, 2.75) is 116 Å². The van der Waals surface area contributed by atoms with E-state index in [9.17, 15) is 0 Å². The third-order valence-corrected chi connectivity index (χ3v) is 12.7. The van der Waals surface area contributed by atoms with Gasteiger partial charge in [-0.15, -0.1) is 0 Å². The molecule has 1 unspecified atom stereocenters. The fourth-order valence-corrected chi connectivity index (χ4v) is 10.9. The third kappa shape index (κ3) is 3.46. The largest absolute Gasteiger partial charge is 0.369 e. The molecule has 2 heterocycles. The molecule has 0 aromatic heterocycles. The van der Waals surface area contributed by atoms with Gasteiger partial charge in [0.25, 0.3) is 0 Å². The van der Waals surface area contributed by atoms with Gasteiger partial charge < -0.3 is 14.5 Å². The maximum atomic E-state index is 7.16. The van der Waals surface area contributed by atoms with E-state index in [2.05, 4.69) is 58.6 Å². The maximum absolute atomic E-state index is 7.16. The fourth-order valence-electron chi connectivity index (χ4n) is 10.9. The summed E-state index contributed by atoms with van der Waals surface area (Å²) in [7, 11) is 6.96. The molecule has 0 N–H and O–H groups in total. The number of rotatable bonds is 1. The molecule has 5 fully saturated rings. The zero-order valence-corrected chi connectivity index (χ0v) is 23.3. The van der Waals surface area contributed by atoms with Crippen LogP contribution < -0.4 is 0 Å². The molecule has 11 atom stereocenters. The van der Waals surface area contributed by atoms with Crippen molar-refractivity contribution in [3.8, 4) is 0 Å². The Labute approximate surface area is 210 Å². The van der Waals surface area contributed by atoms with Gasteiger partial charge in [0, 0.05) is 24.5 Å². The van der Waals surface area contributed by atoms with Crippen LogP contribution in [0.4, 0.5) is 0 Å². The fraction of sp³-hybridized carbons (Fsp3) is 0.935. The topological polar surface area (TPSA) is 15.7 Å². The van der Waals surface area contributed by atoms with E-state index in [1.807, 2.05) is 5.57 Å². The molecule has 3 saturated carbocycles. The van der Waals surface area contributed by atoms with Gasteiger partial charge >= 0.3 is 0 Å². The highest BCUT2D eigenvalue weighted by molar-refractivity contribution is 5.29. The van der Waals surface area contributed by atoms with Crippen LogP contribution in [0.15, 0.2) is 11.1 Å². The van der Waals surface area contributed by atoms with Gasteiger partial charge in [0.15, 0.2) is 0 Å². The minimum atomic E-state index is 0.0927. The second-order valence-corrected chi connectivity index (χ2v) is 14.6. The minimum absolute atomic E-state index is 0.0927. The quantitative estimate of drug-likeness (QED) is 0.415. The van der Waals surface area contributed by atoms with Crippen LogP contribution in [0.2, 0.25) is 0 Å². The lowest BCUT2D eigenvalue weighted by molar-refractivity contribution is -0.0804. The number of hydrogen-bond acceptors (Lipinski definition) is 3. The summed E-state index contributed by atoms with van der Waals surface area (Å²) in [6, 6.07) is 1.44. The summed E-state index contributed by atoms with van der Waals surface area (Å²) in [5.41, 5.74) is 4.31. The number of allylic oxidation sites excluding steroid dienone is 1. The Hall–Kier alpha value is -0.380. The van der Waals surface area contributed by atoms with Crippen LogP contribution in [-0.4, -0.2) is 61.3 Å². The second kappa shape index (κ2) is 8.32. The van der Waals surface area contributed by atoms with Crippen molar-refractivity contribution in [1.29, 1.82) is 0 Å². The highest BCUT2D eigenvalue weighted by Crippen LogP contribution is 2.65. The molecule has 192 valence electrons.